The Morgan fingerprint density at radius 2 is 1.89 bits per heavy atom. The van der Waals surface area contributed by atoms with E-state index in [1.807, 2.05) is 6.08 Å². The van der Waals surface area contributed by atoms with Gasteiger partial charge in [0.15, 0.2) is 11.6 Å². The van der Waals surface area contributed by atoms with E-state index in [0.717, 1.165) is 23.4 Å². The van der Waals surface area contributed by atoms with Gasteiger partial charge in [0.05, 0.1) is 10.5 Å². The first-order valence-corrected chi connectivity index (χ1v) is 11.9. The maximum absolute atomic E-state index is 14.4. The average Bonchev–Trinajstić information content (AvgIpc) is 3.17. The Labute approximate surface area is 215 Å². The molecule has 3 heterocycles. The first kappa shape index (κ1) is 25.0. The number of nitrogens with one attached hydrogen (secondary N) is 1. The van der Waals surface area contributed by atoms with Crippen LogP contribution in [0.1, 0.15) is 22.4 Å². The molecule has 0 saturated carbocycles. The number of hydrogen-bond donors (Lipinski definition) is 1. The molecule has 0 atom stereocenters. The summed E-state index contributed by atoms with van der Waals surface area (Å²) in [5, 5.41) is 3.27. The zero-order valence-electron chi connectivity index (χ0n) is 19.4. The van der Waals surface area contributed by atoms with E-state index in [9.17, 15) is 22.4 Å². The molecule has 1 aliphatic heterocycles. The fourth-order valence-electron chi connectivity index (χ4n) is 4.56. The van der Waals surface area contributed by atoms with Gasteiger partial charge in [0.2, 0.25) is 5.95 Å². The molecule has 4 aromatic rings. The molecule has 37 heavy (non-hydrogen) atoms. The molecular formula is C27H21ClF4N4O. The topological polar surface area (TPSA) is 50.2 Å². The highest BCUT2D eigenvalue weighted by atomic mass is 35.5. The molecule has 1 N–H and O–H groups in total. The Morgan fingerprint density at radius 1 is 1.05 bits per heavy atom. The SMILES string of the molecule is O=C(NCc1ccnc(F)c1)n1c2c(c3cc(F)c(Cl)cc31)CN(CC=Cc1ccc(F)c(F)c1)CC2. The van der Waals surface area contributed by atoms with Gasteiger partial charge in [-0.1, -0.05) is 29.8 Å². The molecule has 0 radical (unpaired) electrons. The summed E-state index contributed by atoms with van der Waals surface area (Å²) in [6.07, 6.45) is 5.38. The summed E-state index contributed by atoms with van der Waals surface area (Å²) in [7, 11) is 0. The molecule has 0 unspecified atom stereocenters. The molecule has 0 bridgehead atoms. The summed E-state index contributed by atoms with van der Waals surface area (Å²) in [6.45, 7) is 1.67. The molecule has 0 aliphatic carbocycles. The van der Waals surface area contributed by atoms with Crippen molar-refractivity contribution in [3.05, 3.63) is 106 Å². The van der Waals surface area contributed by atoms with E-state index in [1.54, 1.807) is 12.1 Å². The number of hydrogen-bond acceptors (Lipinski definition) is 3. The van der Waals surface area contributed by atoms with Gasteiger partial charge in [-0.25, -0.2) is 22.9 Å². The van der Waals surface area contributed by atoms with E-state index >= 15 is 0 Å². The molecule has 0 fully saturated rings. The Balaban J connectivity index is 1.39. The second-order valence-corrected chi connectivity index (χ2v) is 9.16. The Kier molecular flexibility index (Phi) is 6.99. The fraction of sp³-hybridized carbons (Fsp3) is 0.185. The number of rotatable bonds is 5. The summed E-state index contributed by atoms with van der Waals surface area (Å²) in [5.41, 5.74) is 3.12. The lowest BCUT2D eigenvalue weighted by Gasteiger charge is -2.27. The third-order valence-electron chi connectivity index (χ3n) is 6.32. The summed E-state index contributed by atoms with van der Waals surface area (Å²) in [6, 6.07) is 8.86. The van der Waals surface area contributed by atoms with E-state index in [2.05, 4.69) is 15.2 Å². The van der Waals surface area contributed by atoms with Crippen LogP contribution in [0, 0.1) is 23.4 Å². The number of nitrogens with zero attached hydrogens (tertiary/aromatic N) is 3. The van der Waals surface area contributed by atoms with Crippen molar-refractivity contribution in [1.29, 1.82) is 0 Å². The Bertz CT molecular complexity index is 1530. The van der Waals surface area contributed by atoms with Crippen molar-refractivity contribution in [2.24, 2.45) is 0 Å². The van der Waals surface area contributed by atoms with Crippen LogP contribution in [0.15, 0.2) is 54.7 Å². The van der Waals surface area contributed by atoms with Crippen molar-refractivity contribution in [3.8, 4) is 0 Å². The lowest BCUT2D eigenvalue weighted by molar-refractivity contribution is 0.240. The lowest BCUT2D eigenvalue weighted by Crippen LogP contribution is -2.34. The van der Waals surface area contributed by atoms with Gasteiger partial charge in [0.25, 0.3) is 0 Å². The average molecular weight is 529 g/mol. The van der Waals surface area contributed by atoms with E-state index in [-0.39, 0.29) is 11.6 Å². The van der Waals surface area contributed by atoms with Crippen LogP contribution in [-0.4, -0.2) is 33.6 Å². The molecule has 10 heteroatoms. The van der Waals surface area contributed by atoms with Gasteiger partial charge in [-0.2, -0.15) is 4.39 Å². The van der Waals surface area contributed by atoms with Crippen molar-refractivity contribution in [3.63, 3.8) is 0 Å². The van der Waals surface area contributed by atoms with Crippen molar-refractivity contribution in [2.75, 3.05) is 13.1 Å². The molecular weight excluding hydrogens is 508 g/mol. The Morgan fingerprint density at radius 3 is 2.68 bits per heavy atom. The number of aromatic nitrogens is 2. The standard InChI is InChI=1S/C27H21ClF4N4O/c28-20-13-25-18(12-22(20)30)19-15-35(8-1-2-16-3-4-21(29)23(31)10-16)9-6-24(19)36(25)27(37)34-14-17-5-7-33-26(32)11-17/h1-5,7,10-13H,6,8-9,14-15H2,(H,34,37). The van der Waals surface area contributed by atoms with Crippen molar-refractivity contribution in [1.82, 2.24) is 19.8 Å². The van der Waals surface area contributed by atoms with Crippen LogP contribution < -0.4 is 5.32 Å². The molecule has 190 valence electrons. The van der Waals surface area contributed by atoms with Gasteiger partial charge in [0.1, 0.15) is 5.82 Å². The maximum Gasteiger partial charge on any atom is 0.326 e. The molecule has 2 aromatic heterocycles. The lowest BCUT2D eigenvalue weighted by atomic mass is 10.0. The second-order valence-electron chi connectivity index (χ2n) is 8.75. The summed E-state index contributed by atoms with van der Waals surface area (Å²) in [4.78, 5) is 18.8. The van der Waals surface area contributed by atoms with Crippen LogP contribution >= 0.6 is 11.6 Å². The minimum Gasteiger partial charge on any atom is -0.333 e. The maximum atomic E-state index is 14.4. The van der Waals surface area contributed by atoms with Crippen LogP contribution in [0.2, 0.25) is 5.02 Å². The smallest absolute Gasteiger partial charge is 0.326 e. The monoisotopic (exact) mass is 528 g/mol. The minimum atomic E-state index is -0.911. The summed E-state index contributed by atoms with van der Waals surface area (Å²) in [5.74, 6) is -3.04. The van der Waals surface area contributed by atoms with Gasteiger partial charge in [-0.05, 0) is 53.1 Å². The molecule has 1 amide bonds. The fourth-order valence-corrected chi connectivity index (χ4v) is 4.71. The molecule has 2 aromatic carbocycles. The number of fused-ring (bicyclic) bond motifs is 3. The van der Waals surface area contributed by atoms with Gasteiger partial charge in [0, 0.05) is 49.9 Å². The third kappa shape index (κ3) is 5.23. The van der Waals surface area contributed by atoms with Crippen LogP contribution in [0.25, 0.3) is 17.0 Å². The molecule has 5 rings (SSSR count). The number of carbonyl (C=O) groups is 1. The van der Waals surface area contributed by atoms with Crippen molar-refractivity contribution < 1.29 is 22.4 Å². The largest absolute Gasteiger partial charge is 0.333 e. The zero-order valence-corrected chi connectivity index (χ0v) is 20.2. The van der Waals surface area contributed by atoms with Gasteiger partial charge >= 0.3 is 6.03 Å². The first-order chi connectivity index (χ1) is 17.8. The van der Waals surface area contributed by atoms with Crippen molar-refractivity contribution >= 4 is 34.6 Å². The molecule has 5 nitrogen and oxygen atoms in total. The van der Waals surface area contributed by atoms with Gasteiger partial charge in [-0.3, -0.25) is 9.47 Å². The number of halogens is 5. The van der Waals surface area contributed by atoms with Crippen molar-refractivity contribution in [2.45, 2.75) is 19.5 Å². The first-order valence-electron chi connectivity index (χ1n) is 11.5. The molecule has 0 saturated heterocycles. The molecule has 1 aliphatic rings. The second kappa shape index (κ2) is 10.4. The number of carbonyl (C=O) groups excluding carboxylic acids is 1. The quantitative estimate of drug-likeness (QED) is 0.252. The highest BCUT2D eigenvalue weighted by Crippen LogP contribution is 2.34. The van der Waals surface area contributed by atoms with Crippen LogP contribution in [0.4, 0.5) is 22.4 Å². The summed E-state index contributed by atoms with van der Waals surface area (Å²) >= 11 is 6.06. The van der Waals surface area contributed by atoms with Crippen LogP contribution in [0.5, 0.6) is 0 Å². The zero-order chi connectivity index (χ0) is 26.1. The van der Waals surface area contributed by atoms with E-state index in [1.165, 1.54) is 35.0 Å². The number of amides is 1. The predicted octanol–water partition coefficient (Wildman–Crippen LogP) is 6.08. The third-order valence-corrected chi connectivity index (χ3v) is 6.61. The highest BCUT2D eigenvalue weighted by Gasteiger charge is 2.27. The summed E-state index contributed by atoms with van der Waals surface area (Å²) < 4.78 is 55.9. The van der Waals surface area contributed by atoms with Gasteiger partial charge in [-0.15, -0.1) is 0 Å². The predicted molar refractivity (Wildman–Crippen MR) is 133 cm³/mol. The van der Waals surface area contributed by atoms with Gasteiger partial charge < -0.3 is 5.32 Å². The Hall–Kier alpha value is -3.69. The minimum absolute atomic E-state index is 0.0859. The molecule has 0 spiro atoms. The van der Waals surface area contributed by atoms with Crippen LogP contribution in [0.3, 0.4) is 0 Å². The highest BCUT2D eigenvalue weighted by molar-refractivity contribution is 6.31. The number of pyridine rings is 1. The van der Waals surface area contributed by atoms with E-state index in [0.29, 0.717) is 48.1 Å². The van der Waals surface area contributed by atoms with Crippen LogP contribution in [-0.2, 0) is 19.5 Å². The number of benzene rings is 2. The van der Waals surface area contributed by atoms with E-state index < -0.39 is 29.4 Å². The van der Waals surface area contributed by atoms with E-state index in [4.69, 9.17) is 11.6 Å². The normalized spacial score (nSPS) is 13.9.